The largest absolute Gasteiger partial charge is 0.461 e. The second-order valence-corrected chi connectivity index (χ2v) is 5.23. The van der Waals surface area contributed by atoms with Gasteiger partial charge in [0.15, 0.2) is 23.0 Å². The van der Waals surface area contributed by atoms with Crippen LogP contribution in [0, 0.1) is 0 Å². The molecule has 0 amide bonds. The van der Waals surface area contributed by atoms with Gasteiger partial charge >= 0.3 is 5.97 Å². The first-order chi connectivity index (χ1) is 12.3. The highest BCUT2D eigenvalue weighted by molar-refractivity contribution is 5.94. The Bertz CT molecular complexity index is 920. The highest BCUT2D eigenvalue weighted by Gasteiger charge is 2.25. The zero-order valence-electron chi connectivity index (χ0n) is 13.4. The molecule has 4 rings (SSSR count). The van der Waals surface area contributed by atoms with Crippen LogP contribution in [-0.2, 0) is 4.74 Å². The maximum Gasteiger partial charge on any atom is 0.361 e. The molecule has 0 unspecified atom stereocenters. The number of rotatable bonds is 4. The molecule has 3 heterocycles. The molecule has 7 heteroatoms. The number of carbonyl (C=O) groups is 1. The van der Waals surface area contributed by atoms with Gasteiger partial charge in [0.25, 0.3) is 0 Å². The topological polar surface area (TPSA) is 83.7 Å². The molecule has 1 aromatic carbocycles. The quantitative estimate of drug-likeness (QED) is 0.675. The van der Waals surface area contributed by atoms with Crippen LogP contribution in [0.2, 0.25) is 0 Å². The van der Waals surface area contributed by atoms with E-state index < -0.39 is 5.97 Å². The fraction of sp³-hybridized carbons (Fsp3) is 0.167. The molecule has 1 aliphatic rings. The van der Waals surface area contributed by atoms with E-state index in [9.17, 15) is 4.79 Å². The molecule has 126 valence electrons. The number of pyridine rings is 1. The molecule has 7 nitrogen and oxygen atoms in total. The fourth-order valence-electron chi connectivity index (χ4n) is 2.50. The number of benzene rings is 1. The number of ether oxygens (including phenoxy) is 3. The van der Waals surface area contributed by atoms with Crippen LogP contribution in [0.15, 0.2) is 47.1 Å². The lowest BCUT2D eigenvalue weighted by Gasteiger charge is -2.02. The number of oxazole rings is 1. The van der Waals surface area contributed by atoms with Crippen LogP contribution in [-0.4, -0.2) is 29.3 Å². The third-order valence-corrected chi connectivity index (χ3v) is 3.64. The van der Waals surface area contributed by atoms with Crippen LogP contribution in [0.3, 0.4) is 0 Å². The molecule has 0 N–H and O–H groups in total. The average Bonchev–Trinajstić information content (AvgIpc) is 3.29. The first-order valence-electron chi connectivity index (χ1n) is 7.74. The molecule has 0 saturated carbocycles. The molecule has 0 spiro atoms. The van der Waals surface area contributed by atoms with Gasteiger partial charge in [0.2, 0.25) is 12.7 Å². The van der Waals surface area contributed by atoms with Gasteiger partial charge in [-0.05, 0) is 37.3 Å². The van der Waals surface area contributed by atoms with Gasteiger partial charge < -0.3 is 18.6 Å². The average molecular weight is 338 g/mol. The van der Waals surface area contributed by atoms with Crippen LogP contribution >= 0.6 is 0 Å². The molecule has 0 aliphatic carbocycles. The monoisotopic (exact) mass is 338 g/mol. The van der Waals surface area contributed by atoms with Gasteiger partial charge in [-0.1, -0.05) is 0 Å². The zero-order chi connectivity index (χ0) is 17.2. The third kappa shape index (κ3) is 2.80. The van der Waals surface area contributed by atoms with Crippen molar-refractivity contribution in [1.82, 2.24) is 9.97 Å². The van der Waals surface area contributed by atoms with E-state index in [1.54, 1.807) is 49.6 Å². The highest BCUT2D eigenvalue weighted by Crippen LogP contribution is 2.38. The van der Waals surface area contributed by atoms with Crippen LogP contribution in [0.4, 0.5) is 0 Å². The third-order valence-electron chi connectivity index (χ3n) is 3.64. The maximum absolute atomic E-state index is 12.3. The Morgan fingerprint density at radius 2 is 2.08 bits per heavy atom. The van der Waals surface area contributed by atoms with Crippen molar-refractivity contribution in [2.75, 3.05) is 13.4 Å². The number of carbonyl (C=O) groups excluding carboxylic acids is 1. The summed E-state index contributed by atoms with van der Waals surface area (Å²) in [5, 5.41) is 0. The second-order valence-electron chi connectivity index (χ2n) is 5.23. The predicted octanol–water partition coefficient (Wildman–Crippen LogP) is 3.31. The SMILES string of the molecule is CCOC(=O)c1nc(-c2cccnc2)oc1-c1ccc2c(c1)OCO2. The van der Waals surface area contributed by atoms with E-state index in [2.05, 4.69) is 9.97 Å². The van der Waals surface area contributed by atoms with Gasteiger partial charge in [-0.15, -0.1) is 0 Å². The number of fused-ring (bicyclic) bond motifs is 1. The second kappa shape index (κ2) is 6.27. The molecule has 0 bridgehead atoms. The molecule has 3 aromatic rings. The Labute approximate surface area is 143 Å². The van der Waals surface area contributed by atoms with E-state index in [1.807, 2.05) is 0 Å². The molecule has 25 heavy (non-hydrogen) atoms. The van der Waals surface area contributed by atoms with E-state index in [4.69, 9.17) is 18.6 Å². The standard InChI is InChI=1S/C18H14N2O5/c1-2-22-18(21)15-16(11-5-6-13-14(8-11)24-10-23-13)25-17(20-15)12-4-3-7-19-9-12/h3-9H,2,10H2,1H3. The van der Waals surface area contributed by atoms with Crippen LogP contribution < -0.4 is 9.47 Å². The van der Waals surface area contributed by atoms with E-state index in [0.717, 1.165) is 0 Å². The molecular weight excluding hydrogens is 324 g/mol. The van der Waals surface area contributed by atoms with Gasteiger partial charge in [-0.2, -0.15) is 0 Å². The lowest BCUT2D eigenvalue weighted by molar-refractivity contribution is 0.0520. The Morgan fingerprint density at radius 1 is 1.20 bits per heavy atom. The summed E-state index contributed by atoms with van der Waals surface area (Å²) < 4.78 is 21.7. The summed E-state index contributed by atoms with van der Waals surface area (Å²) in [6.07, 6.45) is 3.27. The Morgan fingerprint density at radius 3 is 2.88 bits per heavy atom. The fourth-order valence-corrected chi connectivity index (χ4v) is 2.50. The normalized spacial score (nSPS) is 12.2. The van der Waals surface area contributed by atoms with Gasteiger partial charge in [-0.3, -0.25) is 4.98 Å². The van der Waals surface area contributed by atoms with Crippen molar-refractivity contribution < 1.29 is 23.4 Å². The summed E-state index contributed by atoms with van der Waals surface area (Å²) in [5.74, 6) is 1.30. The summed E-state index contributed by atoms with van der Waals surface area (Å²) >= 11 is 0. The van der Waals surface area contributed by atoms with E-state index >= 15 is 0 Å². The molecule has 0 atom stereocenters. The number of hydrogen-bond donors (Lipinski definition) is 0. The van der Waals surface area contributed by atoms with Crippen molar-refractivity contribution >= 4 is 5.97 Å². The molecule has 1 aliphatic heterocycles. The number of esters is 1. The first kappa shape index (κ1) is 15.2. The van der Waals surface area contributed by atoms with Crippen molar-refractivity contribution in [2.24, 2.45) is 0 Å². The van der Waals surface area contributed by atoms with Gasteiger partial charge in [0.05, 0.1) is 12.2 Å². The summed E-state index contributed by atoms with van der Waals surface area (Å²) in [4.78, 5) is 20.7. The minimum atomic E-state index is -0.547. The van der Waals surface area contributed by atoms with E-state index in [1.165, 1.54) is 0 Å². The summed E-state index contributed by atoms with van der Waals surface area (Å²) in [7, 11) is 0. The van der Waals surface area contributed by atoms with Gasteiger partial charge in [-0.25, -0.2) is 9.78 Å². The highest BCUT2D eigenvalue weighted by atomic mass is 16.7. The molecular formula is C18H14N2O5. The van der Waals surface area contributed by atoms with Crippen LogP contribution in [0.5, 0.6) is 11.5 Å². The van der Waals surface area contributed by atoms with Crippen LogP contribution in [0.1, 0.15) is 17.4 Å². The summed E-state index contributed by atoms with van der Waals surface area (Å²) in [6, 6.07) is 8.86. The first-order valence-corrected chi connectivity index (χ1v) is 7.74. The lowest BCUT2D eigenvalue weighted by Crippen LogP contribution is -2.06. The van der Waals surface area contributed by atoms with Crippen LogP contribution in [0.25, 0.3) is 22.8 Å². The lowest BCUT2D eigenvalue weighted by atomic mass is 10.1. The van der Waals surface area contributed by atoms with E-state index in [0.29, 0.717) is 34.3 Å². The molecule has 2 aromatic heterocycles. The number of nitrogens with zero attached hydrogens (tertiary/aromatic N) is 2. The molecule has 0 radical (unpaired) electrons. The summed E-state index contributed by atoms with van der Waals surface area (Å²) in [6.45, 7) is 2.15. The number of aromatic nitrogens is 2. The Hall–Kier alpha value is -3.35. The minimum absolute atomic E-state index is 0.111. The van der Waals surface area contributed by atoms with Crippen molar-refractivity contribution in [2.45, 2.75) is 6.92 Å². The van der Waals surface area contributed by atoms with Crippen molar-refractivity contribution in [3.63, 3.8) is 0 Å². The van der Waals surface area contributed by atoms with Crippen molar-refractivity contribution in [3.8, 4) is 34.3 Å². The summed E-state index contributed by atoms with van der Waals surface area (Å²) in [5.41, 5.74) is 1.43. The predicted molar refractivity (Wildman–Crippen MR) is 87.2 cm³/mol. The maximum atomic E-state index is 12.3. The zero-order valence-corrected chi connectivity index (χ0v) is 13.4. The van der Waals surface area contributed by atoms with Crippen molar-refractivity contribution in [3.05, 3.63) is 48.4 Å². The molecule has 0 fully saturated rings. The number of hydrogen-bond acceptors (Lipinski definition) is 7. The van der Waals surface area contributed by atoms with Gasteiger partial charge in [0, 0.05) is 18.0 Å². The Balaban J connectivity index is 1.82. The molecule has 0 saturated heterocycles. The van der Waals surface area contributed by atoms with Crippen molar-refractivity contribution in [1.29, 1.82) is 0 Å². The van der Waals surface area contributed by atoms with E-state index in [-0.39, 0.29) is 19.1 Å². The van der Waals surface area contributed by atoms with Gasteiger partial charge in [0.1, 0.15) is 0 Å². The minimum Gasteiger partial charge on any atom is -0.461 e. The smallest absolute Gasteiger partial charge is 0.361 e. The Kier molecular flexibility index (Phi) is 3.81.